The highest BCUT2D eigenvalue weighted by atomic mass is 16.5. The van der Waals surface area contributed by atoms with E-state index in [1.807, 2.05) is 6.07 Å². The number of benzene rings is 1. The van der Waals surface area contributed by atoms with Crippen molar-refractivity contribution in [2.45, 2.75) is 32.3 Å². The minimum atomic E-state index is -0.0798. The molecule has 0 aromatic heterocycles. The first-order valence-corrected chi connectivity index (χ1v) is 7.17. The van der Waals surface area contributed by atoms with Crippen molar-refractivity contribution in [2.75, 3.05) is 19.7 Å². The number of morpholine rings is 1. The van der Waals surface area contributed by atoms with Gasteiger partial charge >= 0.3 is 0 Å². The Morgan fingerprint density at radius 1 is 1.40 bits per heavy atom. The van der Waals surface area contributed by atoms with Gasteiger partial charge in [-0.2, -0.15) is 0 Å². The summed E-state index contributed by atoms with van der Waals surface area (Å²) in [5.74, 6) is 5.18. The average Bonchev–Trinajstić information content (AvgIpc) is 2.49. The van der Waals surface area contributed by atoms with Crippen molar-refractivity contribution in [2.24, 2.45) is 0 Å². The van der Waals surface area contributed by atoms with Gasteiger partial charge in [0.1, 0.15) is 0 Å². The molecular weight excluding hydrogens is 250 g/mol. The SMILES string of the molecule is CC#CC(=O)N1CCOC(CCCc2ccccc2)C1. The molecule has 1 aromatic rings. The van der Waals surface area contributed by atoms with Gasteiger partial charge in [-0.1, -0.05) is 36.3 Å². The first-order chi connectivity index (χ1) is 9.79. The van der Waals surface area contributed by atoms with Crippen LogP contribution in [0.15, 0.2) is 30.3 Å². The number of nitrogens with zero attached hydrogens (tertiary/aromatic N) is 1. The third-order valence-electron chi connectivity index (χ3n) is 3.49. The molecule has 1 aliphatic heterocycles. The third kappa shape index (κ3) is 4.40. The van der Waals surface area contributed by atoms with E-state index in [4.69, 9.17) is 4.74 Å². The van der Waals surface area contributed by atoms with Crippen LogP contribution < -0.4 is 0 Å². The number of rotatable bonds is 4. The van der Waals surface area contributed by atoms with E-state index in [0.29, 0.717) is 19.7 Å². The van der Waals surface area contributed by atoms with Crippen LogP contribution in [0, 0.1) is 11.8 Å². The molecule has 0 saturated carbocycles. The second kappa shape index (κ2) is 7.72. The van der Waals surface area contributed by atoms with Crippen molar-refractivity contribution in [3.8, 4) is 11.8 Å². The molecule has 3 heteroatoms. The van der Waals surface area contributed by atoms with Gasteiger partial charge in [-0.25, -0.2) is 0 Å². The number of hydrogen-bond donors (Lipinski definition) is 0. The molecule has 1 saturated heterocycles. The lowest BCUT2D eigenvalue weighted by Crippen LogP contribution is -2.45. The summed E-state index contributed by atoms with van der Waals surface area (Å²) < 4.78 is 5.73. The topological polar surface area (TPSA) is 29.5 Å². The maximum absolute atomic E-state index is 11.7. The first-order valence-electron chi connectivity index (χ1n) is 7.17. The first kappa shape index (κ1) is 14.6. The third-order valence-corrected chi connectivity index (χ3v) is 3.49. The van der Waals surface area contributed by atoms with Crippen molar-refractivity contribution in [1.82, 2.24) is 4.90 Å². The van der Waals surface area contributed by atoms with Gasteiger partial charge in [-0.15, -0.1) is 0 Å². The molecule has 0 radical (unpaired) electrons. The van der Waals surface area contributed by atoms with Gasteiger partial charge < -0.3 is 9.64 Å². The minimum Gasteiger partial charge on any atom is -0.375 e. The van der Waals surface area contributed by atoms with E-state index in [-0.39, 0.29) is 12.0 Å². The standard InChI is InChI=1S/C17H21NO2/c1-2-7-17(19)18-12-13-20-16(14-18)11-6-10-15-8-4-3-5-9-15/h3-5,8-9,16H,6,10-14H2,1H3. The fourth-order valence-electron chi connectivity index (χ4n) is 2.44. The van der Waals surface area contributed by atoms with Crippen molar-refractivity contribution < 1.29 is 9.53 Å². The second-order valence-electron chi connectivity index (χ2n) is 5.00. The summed E-state index contributed by atoms with van der Waals surface area (Å²) >= 11 is 0. The smallest absolute Gasteiger partial charge is 0.298 e. The fraction of sp³-hybridized carbons (Fsp3) is 0.471. The number of carbonyl (C=O) groups excluding carboxylic acids is 1. The van der Waals surface area contributed by atoms with Gasteiger partial charge in [0.15, 0.2) is 0 Å². The van der Waals surface area contributed by atoms with Crippen LogP contribution in [-0.2, 0) is 16.0 Å². The Hall–Kier alpha value is -1.79. The highest BCUT2D eigenvalue weighted by molar-refractivity contribution is 5.93. The van der Waals surface area contributed by atoms with E-state index in [0.717, 1.165) is 19.3 Å². The number of hydrogen-bond acceptors (Lipinski definition) is 2. The van der Waals surface area contributed by atoms with E-state index < -0.39 is 0 Å². The molecule has 1 aliphatic rings. The van der Waals surface area contributed by atoms with Gasteiger partial charge in [-0.3, -0.25) is 4.79 Å². The molecule has 20 heavy (non-hydrogen) atoms. The normalized spacial score (nSPS) is 18.2. The van der Waals surface area contributed by atoms with Crippen LogP contribution >= 0.6 is 0 Å². The molecule has 1 atom stereocenters. The molecule has 3 nitrogen and oxygen atoms in total. The van der Waals surface area contributed by atoms with E-state index in [9.17, 15) is 4.79 Å². The molecular formula is C17H21NO2. The average molecular weight is 271 g/mol. The number of aryl methyl sites for hydroxylation is 1. The molecule has 0 spiro atoms. The van der Waals surface area contributed by atoms with E-state index >= 15 is 0 Å². The molecule has 1 heterocycles. The van der Waals surface area contributed by atoms with Gasteiger partial charge in [-0.05, 0) is 37.7 Å². The summed E-state index contributed by atoms with van der Waals surface area (Å²) in [4.78, 5) is 13.5. The molecule has 2 rings (SSSR count). The summed E-state index contributed by atoms with van der Waals surface area (Å²) in [5, 5.41) is 0. The summed E-state index contributed by atoms with van der Waals surface area (Å²) in [6, 6.07) is 10.5. The highest BCUT2D eigenvalue weighted by Gasteiger charge is 2.22. The molecule has 1 amide bonds. The Morgan fingerprint density at radius 2 is 2.20 bits per heavy atom. The Morgan fingerprint density at radius 3 is 2.95 bits per heavy atom. The van der Waals surface area contributed by atoms with Gasteiger partial charge in [0, 0.05) is 13.1 Å². The molecule has 1 unspecified atom stereocenters. The number of amides is 1. The second-order valence-corrected chi connectivity index (χ2v) is 5.00. The lowest BCUT2D eigenvalue weighted by molar-refractivity contribution is -0.132. The molecule has 1 aromatic carbocycles. The lowest BCUT2D eigenvalue weighted by atomic mass is 10.1. The van der Waals surface area contributed by atoms with Crippen LogP contribution in [0.1, 0.15) is 25.3 Å². The van der Waals surface area contributed by atoms with Crippen molar-refractivity contribution in [3.63, 3.8) is 0 Å². The molecule has 0 bridgehead atoms. The van der Waals surface area contributed by atoms with Gasteiger partial charge in [0.25, 0.3) is 5.91 Å². The van der Waals surface area contributed by atoms with E-state index in [2.05, 4.69) is 36.1 Å². The van der Waals surface area contributed by atoms with Crippen LogP contribution in [0.2, 0.25) is 0 Å². The van der Waals surface area contributed by atoms with Crippen molar-refractivity contribution in [1.29, 1.82) is 0 Å². The van der Waals surface area contributed by atoms with Crippen LogP contribution in [0.5, 0.6) is 0 Å². The molecule has 0 aliphatic carbocycles. The number of carbonyl (C=O) groups is 1. The lowest BCUT2D eigenvalue weighted by Gasteiger charge is -2.31. The Balaban J connectivity index is 1.75. The Bertz CT molecular complexity index is 487. The van der Waals surface area contributed by atoms with Crippen LogP contribution in [0.3, 0.4) is 0 Å². The predicted molar refractivity (Wildman–Crippen MR) is 79.2 cm³/mol. The molecule has 106 valence electrons. The molecule has 0 N–H and O–H groups in total. The highest BCUT2D eigenvalue weighted by Crippen LogP contribution is 2.13. The van der Waals surface area contributed by atoms with Crippen molar-refractivity contribution in [3.05, 3.63) is 35.9 Å². The van der Waals surface area contributed by atoms with Crippen LogP contribution in [0.25, 0.3) is 0 Å². The summed E-state index contributed by atoms with van der Waals surface area (Å²) in [6.07, 6.45) is 3.27. The van der Waals surface area contributed by atoms with Crippen LogP contribution in [-0.4, -0.2) is 36.6 Å². The molecule has 1 fully saturated rings. The quantitative estimate of drug-likeness (QED) is 0.786. The summed E-state index contributed by atoms with van der Waals surface area (Å²) in [6.45, 7) is 3.63. The van der Waals surface area contributed by atoms with Crippen molar-refractivity contribution >= 4 is 5.91 Å². The summed E-state index contributed by atoms with van der Waals surface area (Å²) in [5.41, 5.74) is 1.35. The van der Waals surface area contributed by atoms with E-state index in [1.165, 1.54) is 5.56 Å². The summed E-state index contributed by atoms with van der Waals surface area (Å²) in [7, 11) is 0. The zero-order valence-electron chi connectivity index (χ0n) is 12.0. The predicted octanol–water partition coefficient (Wildman–Crippen LogP) is 2.26. The Labute approximate surface area is 120 Å². The van der Waals surface area contributed by atoms with E-state index in [1.54, 1.807) is 11.8 Å². The zero-order valence-corrected chi connectivity index (χ0v) is 12.0. The minimum absolute atomic E-state index is 0.0798. The largest absolute Gasteiger partial charge is 0.375 e. The maximum Gasteiger partial charge on any atom is 0.298 e. The number of ether oxygens (including phenoxy) is 1. The van der Waals surface area contributed by atoms with Gasteiger partial charge in [0.05, 0.1) is 12.7 Å². The Kier molecular flexibility index (Phi) is 5.64. The fourth-order valence-corrected chi connectivity index (χ4v) is 2.44. The van der Waals surface area contributed by atoms with Gasteiger partial charge in [0.2, 0.25) is 0 Å². The zero-order chi connectivity index (χ0) is 14.2. The van der Waals surface area contributed by atoms with Crippen LogP contribution in [0.4, 0.5) is 0 Å². The maximum atomic E-state index is 11.7. The monoisotopic (exact) mass is 271 g/mol.